The number of carbonyl (C=O) groups is 3. The SMILES string of the molecule is CN(C)C1C(=O)C(C(=O)NCN2CCCC2)=C(O)C2(O)C(=O)C3=C(O)c4c(O)cccc4C(C)(O)C3CC12.[Cl-]. The quantitative estimate of drug-likeness (QED) is 0.212. The fraction of sp³-hybridized carbons (Fsp3) is 0.519. The Kier molecular flexibility index (Phi) is 7.37. The molecule has 1 saturated heterocycles. The number of aliphatic hydroxyl groups is 4. The summed E-state index contributed by atoms with van der Waals surface area (Å²) in [6, 6.07) is 3.12. The smallest absolute Gasteiger partial charge is 0.259 e. The van der Waals surface area contributed by atoms with Crippen molar-refractivity contribution in [3.8, 4) is 5.75 Å². The minimum Gasteiger partial charge on any atom is -1.00 e. The summed E-state index contributed by atoms with van der Waals surface area (Å²) >= 11 is 0. The van der Waals surface area contributed by atoms with Crippen LogP contribution in [0.1, 0.15) is 37.3 Å². The second-order valence-corrected chi connectivity index (χ2v) is 11.1. The number of carbonyl (C=O) groups excluding carboxylic acids is 3. The van der Waals surface area contributed by atoms with Gasteiger partial charge in [-0.15, -0.1) is 0 Å². The average molecular weight is 563 g/mol. The number of ketones is 2. The molecule has 1 heterocycles. The summed E-state index contributed by atoms with van der Waals surface area (Å²) in [6.07, 6.45) is 1.78. The zero-order valence-electron chi connectivity index (χ0n) is 21.9. The highest BCUT2D eigenvalue weighted by atomic mass is 35.5. The highest BCUT2D eigenvalue weighted by Gasteiger charge is 2.66. The predicted molar refractivity (Wildman–Crippen MR) is 135 cm³/mol. The molecule has 39 heavy (non-hydrogen) atoms. The van der Waals surface area contributed by atoms with Crippen molar-refractivity contribution < 1.29 is 52.3 Å². The van der Waals surface area contributed by atoms with Crippen molar-refractivity contribution in [2.75, 3.05) is 33.9 Å². The van der Waals surface area contributed by atoms with Crippen LogP contribution >= 0.6 is 0 Å². The Bertz CT molecular complexity index is 1300. The van der Waals surface area contributed by atoms with Crippen molar-refractivity contribution in [3.05, 3.63) is 46.2 Å². The molecule has 0 radical (unpaired) electrons. The number of nitrogens with one attached hydrogen (secondary N) is 1. The number of phenolic OH excluding ortho intramolecular Hbond substituents is 1. The van der Waals surface area contributed by atoms with E-state index in [1.54, 1.807) is 14.1 Å². The van der Waals surface area contributed by atoms with Crippen molar-refractivity contribution in [1.82, 2.24) is 15.1 Å². The van der Waals surface area contributed by atoms with E-state index in [1.807, 2.05) is 4.90 Å². The van der Waals surface area contributed by atoms with Crippen molar-refractivity contribution in [1.29, 1.82) is 0 Å². The van der Waals surface area contributed by atoms with Crippen LogP contribution in [-0.2, 0) is 20.0 Å². The highest BCUT2D eigenvalue weighted by molar-refractivity contribution is 6.25. The molecule has 1 aliphatic heterocycles. The van der Waals surface area contributed by atoms with E-state index in [-0.39, 0.29) is 47.9 Å². The molecule has 4 aliphatic rings. The molecule has 5 atom stereocenters. The molecule has 0 bridgehead atoms. The van der Waals surface area contributed by atoms with E-state index in [4.69, 9.17) is 0 Å². The van der Waals surface area contributed by atoms with Gasteiger partial charge >= 0.3 is 0 Å². The lowest BCUT2D eigenvalue weighted by atomic mass is 9.54. The first-order chi connectivity index (χ1) is 17.8. The topological polar surface area (TPSA) is 171 Å². The lowest BCUT2D eigenvalue weighted by Crippen LogP contribution is -3.00. The Labute approximate surface area is 231 Å². The van der Waals surface area contributed by atoms with Crippen LogP contribution in [0.15, 0.2) is 35.1 Å². The third kappa shape index (κ3) is 4.06. The fourth-order valence-corrected chi connectivity index (χ4v) is 6.70. The van der Waals surface area contributed by atoms with Gasteiger partial charge in [-0.2, -0.15) is 0 Å². The van der Waals surface area contributed by atoms with Gasteiger partial charge in [-0.1, -0.05) is 12.1 Å². The number of halogens is 1. The minimum absolute atomic E-state index is 0. The number of nitrogens with zero attached hydrogens (tertiary/aromatic N) is 2. The van der Waals surface area contributed by atoms with Crippen LogP contribution in [0.5, 0.6) is 5.75 Å². The van der Waals surface area contributed by atoms with Gasteiger partial charge in [-0.25, -0.2) is 0 Å². The first-order valence-corrected chi connectivity index (χ1v) is 12.7. The van der Waals surface area contributed by atoms with E-state index in [2.05, 4.69) is 5.32 Å². The Hall–Kier alpha value is -2.96. The van der Waals surface area contributed by atoms with Crippen LogP contribution in [0.3, 0.4) is 0 Å². The number of aromatic hydroxyl groups is 1. The predicted octanol–water partition coefficient (Wildman–Crippen LogP) is -2.68. The normalized spacial score (nSPS) is 32.5. The van der Waals surface area contributed by atoms with Crippen LogP contribution in [0.25, 0.3) is 5.76 Å². The van der Waals surface area contributed by atoms with E-state index in [0.717, 1.165) is 25.9 Å². The first kappa shape index (κ1) is 29.0. The van der Waals surface area contributed by atoms with Gasteiger partial charge in [0.25, 0.3) is 5.91 Å². The van der Waals surface area contributed by atoms with Gasteiger partial charge in [0.05, 0.1) is 23.9 Å². The number of likely N-dealkylation sites (tertiary alicyclic amines) is 1. The third-order valence-electron chi connectivity index (χ3n) is 8.66. The summed E-state index contributed by atoms with van der Waals surface area (Å²) in [4.78, 5) is 44.3. The molecule has 12 heteroatoms. The molecule has 11 nitrogen and oxygen atoms in total. The third-order valence-corrected chi connectivity index (χ3v) is 8.66. The monoisotopic (exact) mass is 562 g/mol. The second-order valence-electron chi connectivity index (χ2n) is 11.1. The lowest BCUT2D eigenvalue weighted by molar-refractivity contribution is -0.159. The number of aliphatic hydroxyl groups excluding tert-OH is 2. The molecule has 2 fully saturated rings. The number of phenols is 1. The lowest BCUT2D eigenvalue weighted by Gasteiger charge is -2.53. The number of rotatable bonds is 4. The molecule has 5 unspecified atom stereocenters. The van der Waals surface area contributed by atoms with Crippen LogP contribution in [0.2, 0.25) is 0 Å². The molecule has 0 spiro atoms. The van der Waals surface area contributed by atoms with Gasteiger partial charge in [0.2, 0.25) is 5.78 Å². The molecule has 1 saturated carbocycles. The van der Waals surface area contributed by atoms with Gasteiger partial charge < -0.3 is 43.3 Å². The molecule has 5 rings (SSSR count). The van der Waals surface area contributed by atoms with E-state index in [1.165, 1.54) is 30.0 Å². The minimum atomic E-state index is -2.72. The van der Waals surface area contributed by atoms with Crippen molar-refractivity contribution in [3.63, 3.8) is 0 Å². The number of Topliss-reactive ketones (excluding diaryl/α,β-unsaturated/α-hetero) is 2. The second kappa shape index (κ2) is 9.90. The Balaban J connectivity index is 0.00000353. The van der Waals surface area contributed by atoms with Crippen molar-refractivity contribution >= 4 is 23.2 Å². The molecular weight excluding hydrogens is 530 g/mol. The van der Waals surface area contributed by atoms with Gasteiger partial charge in [-0.3, -0.25) is 24.2 Å². The zero-order valence-corrected chi connectivity index (χ0v) is 22.7. The maximum Gasteiger partial charge on any atom is 0.259 e. The van der Waals surface area contributed by atoms with Gasteiger partial charge in [0.15, 0.2) is 11.4 Å². The molecular formula is C27H33ClN3O8-. The Morgan fingerprint density at radius 1 is 1.13 bits per heavy atom. The molecule has 3 aliphatic carbocycles. The maximum absolute atomic E-state index is 14.0. The van der Waals surface area contributed by atoms with Crippen LogP contribution in [0.4, 0.5) is 0 Å². The number of hydrogen-bond donors (Lipinski definition) is 6. The number of benzene rings is 1. The summed E-state index contributed by atoms with van der Waals surface area (Å²) in [5, 5.41) is 59.0. The first-order valence-electron chi connectivity index (χ1n) is 12.7. The number of hydrogen-bond acceptors (Lipinski definition) is 10. The van der Waals surface area contributed by atoms with Crippen molar-refractivity contribution in [2.24, 2.45) is 11.8 Å². The molecule has 212 valence electrons. The van der Waals surface area contributed by atoms with Gasteiger partial charge in [-0.05, 0) is 65.0 Å². The highest BCUT2D eigenvalue weighted by Crippen LogP contribution is 2.57. The molecule has 1 amide bonds. The van der Waals surface area contributed by atoms with Crippen LogP contribution in [-0.4, -0.2) is 98.3 Å². The zero-order chi connectivity index (χ0) is 27.7. The van der Waals surface area contributed by atoms with Crippen LogP contribution < -0.4 is 17.7 Å². The molecule has 1 aromatic rings. The average Bonchev–Trinajstić information content (AvgIpc) is 3.37. The van der Waals surface area contributed by atoms with Crippen LogP contribution in [0, 0.1) is 11.8 Å². The Morgan fingerprint density at radius 3 is 2.38 bits per heavy atom. The Morgan fingerprint density at radius 2 is 1.77 bits per heavy atom. The standard InChI is InChI=1S/C27H33N3O8.ClH/c1-26(37)13-7-6-8-16(31)17(13)21(32)18-14(26)11-15-20(29(2)3)22(33)19(24(35)27(15,38)23(18)34)25(36)28-12-30-9-4-5-10-30;/h6-8,14-15,20,31-32,35,37-38H,4-5,9-12H2,1-3H3,(H,28,36);1H/p-1. The largest absolute Gasteiger partial charge is 1.00 e. The van der Waals surface area contributed by atoms with Crippen molar-refractivity contribution in [2.45, 2.75) is 43.4 Å². The van der Waals surface area contributed by atoms with E-state index >= 15 is 0 Å². The summed E-state index contributed by atoms with van der Waals surface area (Å²) in [7, 11) is 3.12. The number of likely N-dealkylation sites (N-methyl/N-ethyl adjacent to an activating group) is 1. The number of fused-ring (bicyclic) bond motifs is 3. The van der Waals surface area contributed by atoms with Gasteiger partial charge in [0, 0.05) is 17.4 Å². The van der Waals surface area contributed by atoms with E-state index in [0.29, 0.717) is 0 Å². The number of amides is 1. The molecule has 1 aromatic carbocycles. The van der Waals surface area contributed by atoms with Gasteiger partial charge in [0.1, 0.15) is 22.8 Å². The maximum atomic E-state index is 14.0. The molecule has 0 aromatic heterocycles. The summed E-state index contributed by atoms with van der Waals surface area (Å²) < 4.78 is 0. The summed E-state index contributed by atoms with van der Waals surface area (Å²) in [5.41, 5.74) is -5.54. The van der Waals surface area contributed by atoms with E-state index < -0.39 is 63.6 Å². The fourth-order valence-electron chi connectivity index (χ4n) is 6.70. The van der Waals surface area contributed by atoms with E-state index in [9.17, 15) is 39.9 Å². The molecule has 6 N–H and O–H groups in total. The summed E-state index contributed by atoms with van der Waals surface area (Å²) in [6.45, 7) is 3.11. The summed E-state index contributed by atoms with van der Waals surface area (Å²) in [5.74, 6) is -7.17.